The predicted molar refractivity (Wildman–Crippen MR) is 96.3 cm³/mol. The first-order chi connectivity index (χ1) is 11.5. The molecule has 2 aromatic rings. The van der Waals surface area contributed by atoms with Crippen LogP contribution in [0.15, 0.2) is 42.5 Å². The number of ether oxygens (including phenoxy) is 2. The van der Waals surface area contributed by atoms with Crippen molar-refractivity contribution in [3.63, 3.8) is 0 Å². The molecule has 0 aliphatic rings. The summed E-state index contributed by atoms with van der Waals surface area (Å²) in [5.74, 6) is 1.51. The topological polar surface area (TPSA) is 50.8 Å². The van der Waals surface area contributed by atoms with Gasteiger partial charge in [-0.25, -0.2) is 4.79 Å². The van der Waals surface area contributed by atoms with Gasteiger partial charge in [0, 0.05) is 17.8 Å². The Hall–Kier alpha value is -2.40. The van der Waals surface area contributed by atoms with Gasteiger partial charge in [0.1, 0.15) is 18.1 Å². The second-order valence-corrected chi connectivity index (χ2v) is 5.75. The first-order valence-corrected chi connectivity index (χ1v) is 7.92. The number of nitrogens with one attached hydrogen (secondary N) is 1. The van der Waals surface area contributed by atoms with Crippen LogP contribution in [0, 0.1) is 6.92 Å². The quantitative estimate of drug-likeness (QED) is 0.851. The molecule has 1 N–H and O–H groups in total. The Morgan fingerprint density at radius 1 is 1.17 bits per heavy atom. The molecule has 0 spiro atoms. The van der Waals surface area contributed by atoms with Crippen molar-refractivity contribution in [2.75, 3.05) is 32.6 Å². The molecule has 5 nitrogen and oxygen atoms in total. The molecule has 2 rings (SSSR count). The van der Waals surface area contributed by atoms with Crippen LogP contribution < -0.4 is 14.8 Å². The Morgan fingerprint density at radius 2 is 1.83 bits per heavy atom. The molecule has 0 fully saturated rings. The van der Waals surface area contributed by atoms with E-state index in [0.717, 1.165) is 17.1 Å². The number of amides is 2. The van der Waals surface area contributed by atoms with Crippen molar-refractivity contribution in [2.45, 2.75) is 6.92 Å². The number of anilines is 1. The van der Waals surface area contributed by atoms with Crippen molar-refractivity contribution in [1.29, 1.82) is 0 Å². The summed E-state index contributed by atoms with van der Waals surface area (Å²) in [5.41, 5.74) is 1.63. The molecule has 0 aliphatic carbocycles. The van der Waals surface area contributed by atoms with E-state index in [0.29, 0.717) is 23.9 Å². The van der Waals surface area contributed by atoms with Crippen LogP contribution in [0.1, 0.15) is 5.56 Å². The average molecular weight is 349 g/mol. The van der Waals surface area contributed by atoms with Crippen molar-refractivity contribution < 1.29 is 14.3 Å². The fourth-order valence-electron chi connectivity index (χ4n) is 1.96. The molecule has 0 radical (unpaired) electrons. The molecule has 0 aliphatic heterocycles. The van der Waals surface area contributed by atoms with Crippen molar-refractivity contribution in [3.05, 3.63) is 53.1 Å². The number of aryl methyl sites for hydroxylation is 1. The van der Waals surface area contributed by atoms with E-state index >= 15 is 0 Å². The highest BCUT2D eigenvalue weighted by atomic mass is 35.5. The summed E-state index contributed by atoms with van der Waals surface area (Å²) in [6.07, 6.45) is 0. The fourth-order valence-corrected chi connectivity index (χ4v) is 2.14. The Kier molecular flexibility index (Phi) is 6.32. The summed E-state index contributed by atoms with van der Waals surface area (Å²) in [4.78, 5) is 13.7. The highest BCUT2D eigenvalue weighted by Crippen LogP contribution is 2.20. The minimum Gasteiger partial charge on any atom is -0.497 e. The van der Waals surface area contributed by atoms with Crippen LogP contribution in [-0.4, -0.2) is 38.2 Å². The van der Waals surface area contributed by atoms with E-state index in [1.54, 1.807) is 25.1 Å². The van der Waals surface area contributed by atoms with E-state index in [-0.39, 0.29) is 6.03 Å². The van der Waals surface area contributed by atoms with Gasteiger partial charge < -0.3 is 19.7 Å². The third-order valence-corrected chi connectivity index (χ3v) is 3.93. The van der Waals surface area contributed by atoms with E-state index in [1.165, 1.54) is 0 Å². The first-order valence-electron chi connectivity index (χ1n) is 7.54. The van der Waals surface area contributed by atoms with Gasteiger partial charge in [-0.2, -0.15) is 0 Å². The molecule has 0 bridgehead atoms. The van der Waals surface area contributed by atoms with Crippen LogP contribution in [0.5, 0.6) is 11.5 Å². The molecule has 0 saturated carbocycles. The number of benzene rings is 2. The SMILES string of the molecule is COc1ccc(OCCN(C)C(=O)Nc2ccc(C)c(Cl)c2)cc1. The van der Waals surface area contributed by atoms with Gasteiger partial charge in [-0.05, 0) is 48.9 Å². The third-order valence-electron chi connectivity index (χ3n) is 3.52. The molecule has 128 valence electrons. The van der Waals surface area contributed by atoms with Gasteiger partial charge in [-0.1, -0.05) is 17.7 Å². The fraction of sp³-hybridized carbons (Fsp3) is 0.278. The van der Waals surface area contributed by atoms with Gasteiger partial charge in [0.2, 0.25) is 0 Å². The molecule has 2 aromatic carbocycles. The van der Waals surface area contributed by atoms with E-state index in [2.05, 4.69) is 5.32 Å². The minimum atomic E-state index is -0.215. The summed E-state index contributed by atoms with van der Waals surface area (Å²) >= 11 is 6.06. The molecule has 0 atom stereocenters. The van der Waals surface area contributed by atoms with Crippen LogP contribution in [0.25, 0.3) is 0 Å². The van der Waals surface area contributed by atoms with E-state index in [4.69, 9.17) is 21.1 Å². The Balaban J connectivity index is 1.79. The van der Waals surface area contributed by atoms with Crippen LogP contribution in [0.2, 0.25) is 5.02 Å². The third kappa shape index (κ3) is 5.06. The monoisotopic (exact) mass is 348 g/mol. The lowest BCUT2D eigenvalue weighted by molar-refractivity contribution is 0.207. The Morgan fingerprint density at radius 3 is 2.46 bits per heavy atom. The number of rotatable bonds is 6. The number of halogens is 1. The number of carbonyl (C=O) groups is 1. The van der Waals surface area contributed by atoms with Crippen LogP contribution in [-0.2, 0) is 0 Å². The normalized spacial score (nSPS) is 10.2. The zero-order chi connectivity index (χ0) is 17.5. The largest absolute Gasteiger partial charge is 0.497 e. The molecule has 0 saturated heterocycles. The van der Waals surface area contributed by atoms with Crippen LogP contribution >= 0.6 is 11.6 Å². The van der Waals surface area contributed by atoms with Crippen LogP contribution in [0.3, 0.4) is 0 Å². The molecule has 0 aromatic heterocycles. The zero-order valence-electron chi connectivity index (χ0n) is 14.0. The summed E-state index contributed by atoms with van der Waals surface area (Å²) in [6.45, 7) is 2.76. The maximum Gasteiger partial charge on any atom is 0.321 e. The number of hydrogen-bond donors (Lipinski definition) is 1. The molecule has 2 amide bonds. The summed E-state index contributed by atoms with van der Waals surface area (Å²) in [5, 5.41) is 3.43. The number of likely N-dealkylation sites (N-methyl/N-ethyl adjacent to an activating group) is 1. The van der Waals surface area contributed by atoms with Gasteiger partial charge in [0.15, 0.2) is 0 Å². The molecule has 24 heavy (non-hydrogen) atoms. The van der Waals surface area contributed by atoms with Gasteiger partial charge in [0.05, 0.1) is 13.7 Å². The van der Waals surface area contributed by atoms with Crippen LogP contribution in [0.4, 0.5) is 10.5 Å². The Bertz CT molecular complexity index is 689. The van der Waals surface area contributed by atoms with Crippen molar-refractivity contribution in [2.24, 2.45) is 0 Å². The van der Waals surface area contributed by atoms with Gasteiger partial charge in [0.25, 0.3) is 0 Å². The number of hydrogen-bond acceptors (Lipinski definition) is 3. The van der Waals surface area contributed by atoms with E-state index < -0.39 is 0 Å². The lowest BCUT2D eigenvalue weighted by Gasteiger charge is -2.18. The molecule has 0 heterocycles. The maximum atomic E-state index is 12.1. The van der Waals surface area contributed by atoms with Gasteiger partial charge in [-0.3, -0.25) is 0 Å². The van der Waals surface area contributed by atoms with Crippen molar-refractivity contribution in [3.8, 4) is 11.5 Å². The van der Waals surface area contributed by atoms with E-state index in [1.807, 2.05) is 43.3 Å². The number of urea groups is 1. The molecular weight excluding hydrogens is 328 g/mol. The summed E-state index contributed by atoms with van der Waals surface area (Å²) < 4.78 is 10.7. The lowest BCUT2D eigenvalue weighted by Crippen LogP contribution is -2.34. The predicted octanol–water partition coefficient (Wildman–Crippen LogP) is 4.20. The number of methoxy groups -OCH3 is 1. The van der Waals surface area contributed by atoms with Gasteiger partial charge in [-0.15, -0.1) is 0 Å². The van der Waals surface area contributed by atoms with E-state index in [9.17, 15) is 4.79 Å². The average Bonchev–Trinajstić information content (AvgIpc) is 2.58. The highest BCUT2D eigenvalue weighted by Gasteiger charge is 2.09. The van der Waals surface area contributed by atoms with Crippen molar-refractivity contribution >= 4 is 23.3 Å². The maximum absolute atomic E-state index is 12.1. The minimum absolute atomic E-state index is 0.215. The summed E-state index contributed by atoms with van der Waals surface area (Å²) in [7, 11) is 3.33. The van der Waals surface area contributed by atoms with Gasteiger partial charge >= 0.3 is 6.03 Å². The summed E-state index contributed by atoms with van der Waals surface area (Å²) in [6, 6.07) is 12.5. The molecular formula is C18H21ClN2O3. The second-order valence-electron chi connectivity index (χ2n) is 5.34. The number of carbonyl (C=O) groups excluding carboxylic acids is 1. The molecule has 6 heteroatoms. The van der Waals surface area contributed by atoms with Crippen molar-refractivity contribution in [1.82, 2.24) is 4.90 Å². The standard InChI is InChI=1S/C18H21ClN2O3/c1-13-4-5-14(12-17(13)19)20-18(22)21(2)10-11-24-16-8-6-15(23-3)7-9-16/h4-9,12H,10-11H2,1-3H3,(H,20,22). The second kappa shape index (κ2) is 8.45. The highest BCUT2D eigenvalue weighted by molar-refractivity contribution is 6.31. The molecule has 0 unspecified atom stereocenters. The lowest BCUT2D eigenvalue weighted by atomic mass is 10.2. The smallest absolute Gasteiger partial charge is 0.321 e. The zero-order valence-corrected chi connectivity index (χ0v) is 14.8. The first kappa shape index (κ1) is 17.9. The number of nitrogens with zero attached hydrogens (tertiary/aromatic N) is 1. The Labute approximate surface area is 147 Å².